The second-order valence-electron chi connectivity index (χ2n) is 4.47. The third kappa shape index (κ3) is 1.82. The standard InChI is InChI=1S/C11H16BrN3O/c1-3-15-9(8(12)6-14-15)10(16)11(2)4-5-13-7-11/h6,13H,3-5,7H2,1-2H3. The Bertz CT molecular complexity index is 407. The average Bonchev–Trinajstić information content (AvgIpc) is 2.85. The van der Waals surface area contributed by atoms with Crippen LogP contribution in [0.15, 0.2) is 10.7 Å². The average molecular weight is 286 g/mol. The van der Waals surface area contributed by atoms with E-state index < -0.39 is 0 Å². The van der Waals surface area contributed by atoms with E-state index in [1.807, 2.05) is 13.8 Å². The van der Waals surface area contributed by atoms with Crippen LogP contribution in [0.25, 0.3) is 0 Å². The van der Waals surface area contributed by atoms with E-state index in [9.17, 15) is 4.79 Å². The van der Waals surface area contributed by atoms with Crippen LogP contribution in [-0.2, 0) is 6.54 Å². The monoisotopic (exact) mass is 285 g/mol. The van der Waals surface area contributed by atoms with Gasteiger partial charge in [0.15, 0.2) is 5.78 Å². The molecule has 1 aliphatic heterocycles. The summed E-state index contributed by atoms with van der Waals surface area (Å²) in [5.41, 5.74) is 0.420. The first kappa shape index (κ1) is 11.8. The maximum atomic E-state index is 12.5. The van der Waals surface area contributed by atoms with Gasteiger partial charge in [-0.25, -0.2) is 0 Å². The molecule has 1 fully saturated rings. The molecule has 2 rings (SSSR count). The summed E-state index contributed by atoms with van der Waals surface area (Å²) in [6, 6.07) is 0. The van der Waals surface area contributed by atoms with E-state index in [0.717, 1.165) is 30.5 Å². The Balaban J connectivity index is 2.36. The van der Waals surface area contributed by atoms with Crippen molar-refractivity contribution < 1.29 is 4.79 Å². The highest BCUT2D eigenvalue weighted by Crippen LogP contribution is 2.31. The van der Waals surface area contributed by atoms with E-state index in [4.69, 9.17) is 0 Å². The van der Waals surface area contributed by atoms with Crippen LogP contribution in [0, 0.1) is 5.41 Å². The Morgan fingerprint density at radius 2 is 2.50 bits per heavy atom. The lowest BCUT2D eigenvalue weighted by Crippen LogP contribution is -2.32. The number of hydrogen-bond donors (Lipinski definition) is 1. The summed E-state index contributed by atoms with van der Waals surface area (Å²) in [6.45, 7) is 6.41. The number of halogens is 1. The predicted octanol–water partition coefficient (Wildman–Crippen LogP) is 1.85. The van der Waals surface area contributed by atoms with Crippen molar-refractivity contribution in [2.45, 2.75) is 26.8 Å². The highest BCUT2D eigenvalue weighted by atomic mass is 79.9. The van der Waals surface area contributed by atoms with Gasteiger partial charge in [-0.05, 0) is 35.8 Å². The third-order valence-electron chi connectivity index (χ3n) is 3.23. The molecule has 0 aliphatic carbocycles. The predicted molar refractivity (Wildman–Crippen MR) is 65.5 cm³/mol. The van der Waals surface area contributed by atoms with Crippen LogP contribution in [0.3, 0.4) is 0 Å². The van der Waals surface area contributed by atoms with Crippen LogP contribution in [0.2, 0.25) is 0 Å². The maximum Gasteiger partial charge on any atom is 0.189 e. The number of rotatable bonds is 3. The Hall–Kier alpha value is -0.680. The summed E-state index contributed by atoms with van der Waals surface area (Å²) in [4.78, 5) is 12.5. The van der Waals surface area contributed by atoms with Gasteiger partial charge in [-0.3, -0.25) is 9.48 Å². The maximum absolute atomic E-state index is 12.5. The minimum Gasteiger partial charge on any atom is -0.316 e. The lowest BCUT2D eigenvalue weighted by molar-refractivity contribution is 0.0827. The van der Waals surface area contributed by atoms with Gasteiger partial charge in [0.2, 0.25) is 0 Å². The molecule has 0 radical (unpaired) electrons. The van der Waals surface area contributed by atoms with Gasteiger partial charge in [0.1, 0.15) is 5.69 Å². The number of nitrogens with one attached hydrogen (secondary N) is 1. The van der Waals surface area contributed by atoms with Crippen LogP contribution in [0.1, 0.15) is 30.8 Å². The molecule has 4 nitrogen and oxygen atoms in total. The molecule has 88 valence electrons. The third-order valence-corrected chi connectivity index (χ3v) is 3.81. The fourth-order valence-corrected chi connectivity index (χ4v) is 2.60. The van der Waals surface area contributed by atoms with Crippen LogP contribution in [-0.4, -0.2) is 28.7 Å². The van der Waals surface area contributed by atoms with Crippen molar-refractivity contribution in [2.24, 2.45) is 5.41 Å². The first-order valence-electron chi connectivity index (χ1n) is 5.55. The molecular formula is C11H16BrN3O. The number of carbonyl (C=O) groups is 1. The zero-order valence-electron chi connectivity index (χ0n) is 9.59. The van der Waals surface area contributed by atoms with Gasteiger partial charge in [-0.15, -0.1) is 0 Å². The molecule has 1 saturated heterocycles. The van der Waals surface area contributed by atoms with Crippen molar-refractivity contribution in [1.29, 1.82) is 0 Å². The minimum absolute atomic E-state index is 0.184. The van der Waals surface area contributed by atoms with Gasteiger partial charge < -0.3 is 5.32 Å². The normalized spacial score (nSPS) is 24.9. The van der Waals surface area contributed by atoms with E-state index in [-0.39, 0.29) is 11.2 Å². The SMILES string of the molecule is CCn1ncc(Br)c1C(=O)C1(C)CCNC1. The number of carbonyl (C=O) groups excluding carboxylic acids is 1. The molecule has 0 saturated carbocycles. The fraction of sp³-hybridized carbons (Fsp3) is 0.636. The van der Waals surface area contributed by atoms with Gasteiger partial charge in [0.25, 0.3) is 0 Å². The first-order valence-corrected chi connectivity index (χ1v) is 6.34. The van der Waals surface area contributed by atoms with E-state index in [1.165, 1.54) is 0 Å². The van der Waals surface area contributed by atoms with E-state index in [2.05, 4.69) is 26.3 Å². The molecule has 5 heteroatoms. The number of aromatic nitrogens is 2. The molecule has 2 heterocycles. The number of ketones is 1. The zero-order valence-corrected chi connectivity index (χ0v) is 11.2. The Morgan fingerprint density at radius 3 is 3.06 bits per heavy atom. The van der Waals surface area contributed by atoms with Gasteiger partial charge in [0, 0.05) is 18.5 Å². The van der Waals surface area contributed by atoms with Crippen LogP contribution >= 0.6 is 15.9 Å². The van der Waals surface area contributed by atoms with Crippen molar-refractivity contribution in [1.82, 2.24) is 15.1 Å². The Labute approximate surface area is 104 Å². The zero-order chi connectivity index (χ0) is 11.8. The van der Waals surface area contributed by atoms with E-state index >= 15 is 0 Å². The minimum atomic E-state index is -0.282. The van der Waals surface area contributed by atoms with Crippen LogP contribution in [0.5, 0.6) is 0 Å². The number of aryl methyl sites for hydroxylation is 1. The molecular weight excluding hydrogens is 270 g/mol. The molecule has 1 aromatic rings. The molecule has 16 heavy (non-hydrogen) atoms. The summed E-state index contributed by atoms with van der Waals surface area (Å²) >= 11 is 3.41. The first-order chi connectivity index (χ1) is 7.58. The molecule has 1 aliphatic rings. The summed E-state index contributed by atoms with van der Waals surface area (Å²) in [6.07, 6.45) is 2.59. The van der Waals surface area contributed by atoms with Gasteiger partial charge in [0.05, 0.1) is 10.7 Å². The van der Waals surface area contributed by atoms with E-state index in [0.29, 0.717) is 5.69 Å². The highest BCUT2D eigenvalue weighted by Gasteiger charge is 2.39. The van der Waals surface area contributed by atoms with Gasteiger partial charge in [-0.2, -0.15) is 5.10 Å². The quantitative estimate of drug-likeness (QED) is 0.863. The van der Waals surface area contributed by atoms with Crippen LogP contribution in [0.4, 0.5) is 0 Å². The molecule has 0 amide bonds. The topological polar surface area (TPSA) is 46.9 Å². The molecule has 1 N–H and O–H groups in total. The van der Waals surface area contributed by atoms with Gasteiger partial charge >= 0.3 is 0 Å². The van der Waals surface area contributed by atoms with Crippen molar-refractivity contribution in [3.05, 3.63) is 16.4 Å². The molecule has 0 bridgehead atoms. The largest absolute Gasteiger partial charge is 0.316 e. The fourth-order valence-electron chi connectivity index (χ4n) is 2.12. The van der Waals surface area contributed by atoms with Crippen molar-refractivity contribution in [3.8, 4) is 0 Å². The van der Waals surface area contributed by atoms with Crippen molar-refractivity contribution in [3.63, 3.8) is 0 Å². The van der Waals surface area contributed by atoms with Crippen molar-refractivity contribution in [2.75, 3.05) is 13.1 Å². The van der Waals surface area contributed by atoms with E-state index in [1.54, 1.807) is 10.9 Å². The smallest absolute Gasteiger partial charge is 0.189 e. The second kappa shape index (κ2) is 4.30. The Morgan fingerprint density at radius 1 is 1.75 bits per heavy atom. The van der Waals surface area contributed by atoms with Crippen molar-refractivity contribution >= 4 is 21.7 Å². The summed E-state index contributed by atoms with van der Waals surface area (Å²) in [5, 5.41) is 7.43. The highest BCUT2D eigenvalue weighted by molar-refractivity contribution is 9.10. The molecule has 0 aromatic carbocycles. The summed E-state index contributed by atoms with van der Waals surface area (Å²) in [7, 11) is 0. The lowest BCUT2D eigenvalue weighted by Gasteiger charge is -2.21. The summed E-state index contributed by atoms with van der Waals surface area (Å²) < 4.78 is 2.56. The molecule has 1 aromatic heterocycles. The molecule has 1 unspecified atom stereocenters. The van der Waals surface area contributed by atoms with Crippen LogP contribution < -0.4 is 5.32 Å². The Kier molecular flexibility index (Phi) is 3.17. The summed E-state index contributed by atoms with van der Waals surface area (Å²) in [5.74, 6) is 0.184. The van der Waals surface area contributed by atoms with Gasteiger partial charge in [-0.1, -0.05) is 6.92 Å². The lowest BCUT2D eigenvalue weighted by atomic mass is 9.83. The second-order valence-corrected chi connectivity index (χ2v) is 5.33. The number of Topliss-reactive ketones (excluding diaryl/α,β-unsaturated/α-hetero) is 1. The number of hydrogen-bond acceptors (Lipinski definition) is 3. The molecule has 0 spiro atoms. The number of nitrogens with zero attached hydrogens (tertiary/aromatic N) is 2. The molecule has 1 atom stereocenters.